The van der Waals surface area contributed by atoms with Gasteiger partial charge >= 0.3 is 0 Å². The van der Waals surface area contributed by atoms with E-state index in [1.165, 1.54) is 35.2 Å². The van der Waals surface area contributed by atoms with Crippen molar-refractivity contribution in [1.29, 1.82) is 0 Å². The molecule has 0 bridgehead atoms. The van der Waals surface area contributed by atoms with Gasteiger partial charge in [0.1, 0.15) is 5.82 Å². The molecular weight excluding hydrogens is 397 g/mol. The zero-order chi connectivity index (χ0) is 20.1. The highest BCUT2D eigenvalue weighted by molar-refractivity contribution is 8.00. The van der Waals surface area contributed by atoms with E-state index in [1.807, 2.05) is 9.47 Å². The van der Waals surface area contributed by atoms with Crippen LogP contribution in [0.1, 0.15) is 19.8 Å². The molecule has 0 saturated carbocycles. The number of thiazole rings is 1. The van der Waals surface area contributed by atoms with Crippen molar-refractivity contribution in [3.63, 3.8) is 0 Å². The monoisotopic (exact) mass is 421 g/mol. The summed E-state index contributed by atoms with van der Waals surface area (Å²) in [5, 5.41) is 0. The first-order valence-corrected chi connectivity index (χ1v) is 11.3. The number of benzene rings is 1. The van der Waals surface area contributed by atoms with Gasteiger partial charge in [0, 0.05) is 19.6 Å². The third-order valence-electron chi connectivity index (χ3n) is 4.76. The van der Waals surface area contributed by atoms with Gasteiger partial charge in [0.2, 0.25) is 5.91 Å². The summed E-state index contributed by atoms with van der Waals surface area (Å²) in [6, 6.07) is 4.51. The van der Waals surface area contributed by atoms with Gasteiger partial charge in [-0.15, -0.1) is 18.3 Å². The molecule has 0 spiro atoms. The Kier molecular flexibility index (Phi) is 7.07. The maximum Gasteiger partial charge on any atom is 0.258 e. The van der Waals surface area contributed by atoms with E-state index in [4.69, 9.17) is 0 Å². The number of nitrogens with zero attached hydrogens (tertiary/aromatic N) is 3. The predicted molar refractivity (Wildman–Crippen MR) is 113 cm³/mol. The summed E-state index contributed by atoms with van der Waals surface area (Å²) >= 11 is 2.56. The first-order valence-electron chi connectivity index (χ1n) is 9.31. The molecule has 0 radical (unpaired) electrons. The molecule has 3 rings (SSSR count). The summed E-state index contributed by atoms with van der Waals surface area (Å²) in [5.41, 5.74) is 0.819. The fraction of sp³-hybridized carbons (Fsp3) is 0.450. The number of fused-ring (bicyclic) bond motifs is 1. The molecule has 2 heterocycles. The van der Waals surface area contributed by atoms with E-state index >= 15 is 0 Å². The van der Waals surface area contributed by atoms with Crippen LogP contribution in [-0.2, 0) is 16.1 Å². The molecule has 2 aromatic rings. The molecule has 1 aromatic heterocycles. The Morgan fingerprint density at radius 3 is 2.82 bits per heavy atom. The van der Waals surface area contributed by atoms with Gasteiger partial charge in [-0.3, -0.25) is 9.59 Å². The summed E-state index contributed by atoms with van der Waals surface area (Å²) in [7, 11) is 0. The maximum absolute atomic E-state index is 13.5. The SMILES string of the molecule is C=CCn1c(=NC(=O)CSCC(=O)N2CCC(C)CC2)sc2cc(F)ccc21. The normalized spacial score (nSPS) is 15.9. The van der Waals surface area contributed by atoms with Crippen LogP contribution < -0.4 is 4.80 Å². The van der Waals surface area contributed by atoms with Crippen LogP contribution in [0.15, 0.2) is 35.8 Å². The number of hydrogen-bond acceptors (Lipinski definition) is 4. The number of thioether (sulfide) groups is 1. The fourth-order valence-corrected chi connectivity index (χ4v) is 4.93. The van der Waals surface area contributed by atoms with E-state index in [0.29, 0.717) is 23.0 Å². The molecule has 2 amide bonds. The molecule has 28 heavy (non-hydrogen) atoms. The minimum absolute atomic E-state index is 0.0868. The number of piperidine rings is 1. The van der Waals surface area contributed by atoms with Crippen LogP contribution in [0.25, 0.3) is 10.2 Å². The van der Waals surface area contributed by atoms with Crippen LogP contribution in [-0.4, -0.2) is 45.9 Å². The summed E-state index contributed by atoms with van der Waals surface area (Å²) in [4.78, 5) is 31.1. The lowest BCUT2D eigenvalue weighted by Gasteiger charge is -2.30. The van der Waals surface area contributed by atoms with Crippen LogP contribution in [0.2, 0.25) is 0 Å². The van der Waals surface area contributed by atoms with E-state index in [9.17, 15) is 14.0 Å². The van der Waals surface area contributed by atoms with Crippen molar-refractivity contribution in [3.8, 4) is 0 Å². The summed E-state index contributed by atoms with van der Waals surface area (Å²) in [5.74, 6) is 0.582. The number of likely N-dealkylation sites (tertiary alicyclic amines) is 1. The highest BCUT2D eigenvalue weighted by Gasteiger charge is 2.20. The average Bonchev–Trinajstić information content (AvgIpc) is 2.98. The van der Waals surface area contributed by atoms with Crippen molar-refractivity contribution in [2.45, 2.75) is 26.3 Å². The van der Waals surface area contributed by atoms with Gasteiger partial charge in [0.15, 0.2) is 4.80 Å². The summed E-state index contributed by atoms with van der Waals surface area (Å²) < 4.78 is 16.1. The number of rotatable bonds is 6. The minimum atomic E-state index is -0.321. The molecule has 1 aromatic carbocycles. The first kappa shape index (κ1) is 20.8. The van der Waals surface area contributed by atoms with Gasteiger partial charge in [-0.25, -0.2) is 4.39 Å². The minimum Gasteiger partial charge on any atom is -0.342 e. The van der Waals surface area contributed by atoms with E-state index in [2.05, 4.69) is 18.5 Å². The molecule has 150 valence electrons. The number of carbonyl (C=O) groups is 2. The number of amides is 2. The Morgan fingerprint density at radius 2 is 2.11 bits per heavy atom. The summed E-state index contributed by atoms with van der Waals surface area (Å²) in [6.07, 6.45) is 3.80. The topological polar surface area (TPSA) is 54.7 Å². The fourth-order valence-electron chi connectivity index (χ4n) is 3.15. The molecule has 0 atom stereocenters. The molecule has 1 saturated heterocycles. The van der Waals surface area contributed by atoms with Crippen LogP contribution in [0.4, 0.5) is 4.39 Å². The third kappa shape index (κ3) is 5.11. The van der Waals surface area contributed by atoms with Gasteiger partial charge in [-0.2, -0.15) is 4.99 Å². The smallest absolute Gasteiger partial charge is 0.258 e. The zero-order valence-corrected chi connectivity index (χ0v) is 17.5. The highest BCUT2D eigenvalue weighted by atomic mass is 32.2. The van der Waals surface area contributed by atoms with Gasteiger partial charge in [-0.1, -0.05) is 24.3 Å². The van der Waals surface area contributed by atoms with Gasteiger partial charge in [0.25, 0.3) is 5.91 Å². The van der Waals surface area contributed by atoms with E-state index in [-0.39, 0.29) is 23.4 Å². The lowest BCUT2D eigenvalue weighted by molar-refractivity contribution is -0.129. The van der Waals surface area contributed by atoms with Crippen molar-refractivity contribution in [1.82, 2.24) is 9.47 Å². The van der Waals surface area contributed by atoms with E-state index in [0.717, 1.165) is 36.1 Å². The largest absolute Gasteiger partial charge is 0.342 e. The lowest BCUT2D eigenvalue weighted by atomic mass is 9.99. The number of carbonyl (C=O) groups excluding carboxylic acids is 2. The Bertz CT molecular complexity index is 943. The number of aromatic nitrogens is 1. The van der Waals surface area contributed by atoms with Crippen molar-refractivity contribution in [2.75, 3.05) is 24.6 Å². The Balaban J connectivity index is 1.63. The second kappa shape index (κ2) is 9.52. The Hall–Kier alpha value is -1.93. The Labute approximate surface area is 171 Å². The molecule has 0 N–H and O–H groups in total. The van der Waals surface area contributed by atoms with Crippen LogP contribution in [0.3, 0.4) is 0 Å². The second-order valence-corrected chi connectivity index (χ2v) is 8.95. The number of hydrogen-bond donors (Lipinski definition) is 0. The van der Waals surface area contributed by atoms with Crippen molar-refractivity contribution in [3.05, 3.63) is 41.5 Å². The van der Waals surface area contributed by atoms with Crippen molar-refractivity contribution < 1.29 is 14.0 Å². The number of halogens is 1. The van der Waals surface area contributed by atoms with Gasteiger partial charge < -0.3 is 9.47 Å². The third-order valence-corrected chi connectivity index (χ3v) is 6.71. The first-order chi connectivity index (χ1) is 13.5. The second-order valence-electron chi connectivity index (χ2n) is 6.96. The Morgan fingerprint density at radius 1 is 1.36 bits per heavy atom. The highest BCUT2D eigenvalue weighted by Crippen LogP contribution is 2.19. The van der Waals surface area contributed by atoms with Crippen molar-refractivity contribution in [2.24, 2.45) is 10.9 Å². The van der Waals surface area contributed by atoms with Crippen LogP contribution >= 0.6 is 23.1 Å². The molecular formula is C20H24FN3O2S2. The van der Waals surface area contributed by atoms with E-state index in [1.54, 1.807) is 12.1 Å². The zero-order valence-electron chi connectivity index (χ0n) is 15.9. The molecule has 8 heteroatoms. The standard InChI is InChI=1S/C20H24FN3O2S2/c1-3-8-24-16-5-4-15(21)11-17(16)28-20(24)22-18(25)12-27-13-19(26)23-9-6-14(2)7-10-23/h3-5,11,14H,1,6-10,12-13H2,2H3. The molecule has 1 aliphatic heterocycles. The molecule has 1 fully saturated rings. The lowest BCUT2D eigenvalue weighted by Crippen LogP contribution is -2.39. The maximum atomic E-state index is 13.5. The molecule has 5 nitrogen and oxygen atoms in total. The van der Waals surface area contributed by atoms with Gasteiger partial charge in [-0.05, 0) is 37.0 Å². The van der Waals surface area contributed by atoms with Crippen molar-refractivity contribution >= 4 is 45.1 Å². The molecule has 1 aliphatic rings. The van der Waals surface area contributed by atoms with Crippen LogP contribution in [0, 0.1) is 11.7 Å². The van der Waals surface area contributed by atoms with E-state index < -0.39 is 0 Å². The van der Waals surface area contributed by atoms with Gasteiger partial charge in [0.05, 0.1) is 21.7 Å². The summed E-state index contributed by atoms with van der Waals surface area (Å²) in [6.45, 7) is 8.03. The van der Waals surface area contributed by atoms with Crippen LogP contribution in [0.5, 0.6) is 0 Å². The molecule has 0 unspecified atom stereocenters. The average molecular weight is 422 g/mol. The quantitative estimate of drug-likeness (QED) is 0.672. The predicted octanol–water partition coefficient (Wildman–Crippen LogP) is 3.45. The molecule has 0 aliphatic carbocycles. The number of allylic oxidation sites excluding steroid dienone is 1.